The second-order valence-electron chi connectivity index (χ2n) is 4.81. The Kier molecular flexibility index (Phi) is 7.02. The van der Waals surface area contributed by atoms with Crippen LogP contribution >= 0.6 is 0 Å². The molecule has 5 heteroatoms. The van der Waals surface area contributed by atoms with Crippen molar-refractivity contribution in [2.75, 3.05) is 26.2 Å². The molecule has 0 unspecified atom stereocenters. The quantitative estimate of drug-likeness (QED) is 0.736. The van der Waals surface area contributed by atoms with Gasteiger partial charge in [0.15, 0.2) is 0 Å². The van der Waals surface area contributed by atoms with E-state index in [1.54, 1.807) is 0 Å². The molecule has 0 saturated heterocycles. The Balaban J connectivity index is 2.32. The molecule has 0 aromatic heterocycles. The number of likely N-dealkylation sites (N-methyl/N-ethyl adjacent to an activating group) is 1. The predicted octanol–water partition coefficient (Wildman–Crippen LogP) is 3.53. The summed E-state index contributed by atoms with van der Waals surface area (Å²) in [6.45, 7) is 8.79. The van der Waals surface area contributed by atoms with E-state index >= 15 is 0 Å². The maximum atomic E-state index is 12.4. The fourth-order valence-electron chi connectivity index (χ4n) is 2.03. The molecule has 0 aliphatic rings. The van der Waals surface area contributed by atoms with E-state index in [0.717, 1.165) is 50.3 Å². The molecule has 0 heterocycles. The number of benzene rings is 1. The van der Waals surface area contributed by atoms with Crippen LogP contribution in [-0.4, -0.2) is 31.1 Å². The molecule has 0 spiro atoms. The van der Waals surface area contributed by atoms with Crippen LogP contribution in [0.5, 0.6) is 0 Å². The number of rotatable bonds is 8. The minimum absolute atomic E-state index is 0.596. The van der Waals surface area contributed by atoms with Crippen LogP contribution < -0.4 is 5.32 Å². The van der Waals surface area contributed by atoms with Gasteiger partial charge in [0.05, 0.1) is 5.56 Å². The molecule has 114 valence electrons. The van der Waals surface area contributed by atoms with E-state index < -0.39 is 11.7 Å². The van der Waals surface area contributed by atoms with E-state index in [0.29, 0.717) is 6.54 Å². The van der Waals surface area contributed by atoms with Gasteiger partial charge in [-0.25, -0.2) is 0 Å². The highest BCUT2D eigenvalue weighted by molar-refractivity contribution is 5.24. The molecule has 0 bridgehead atoms. The van der Waals surface area contributed by atoms with E-state index in [1.165, 1.54) is 12.1 Å². The predicted molar refractivity (Wildman–Crippen MR) is 75.6 cm³/mol. The lowest BCUT2D eigenvalue weighted by atomic mass is 10.1. The van der Waals surface area contributed by atoms with Crippen molar-refractivity contribution in [3.63, 3.8) is 0 Å². The third-order valence-corrected chi connectivity index (χ3v) is 3.20. The smallest absolute Gasteiger partial charge is 0.311 e. The first-order chi connectivity index (χ1) is 9.47. The Morgan fingerprint density at radius 1 is 1.05 bits per heavy atom. The molecule has 1 aromatic carbocycles. The zero-order chi connectivity index (χ0) is 15.0. The summed E-state index contributed by atoms with van der Waals surface area (Å²) in [6.07, 6.45) is -3.12. The van der Waals surface area contributed by atoms with Gasteiger partial charge >= 0.3 is 6.18 Å². The van der Waals surface area contributed by atoms with Gasteiger partial charge in [-0.3, -0.25) is 0 Å². The van der Waals surface area contributed by atoms with Crippen molar-refractivity contribution in [1.29, 1.82) is 0 Å². The first-order valence-corrected chi connectivity index (χ1v) is 7.06. The van der Waals surface area contributed by atoms with Gasteiger partial charge in [-0.15, -0.1) is 0 Å². The molecular formula is C15H23F3N2. The van der Waals surface area contributed by atoms with E-state index in [-0.39, 0.29) is 0 Å². The summed E-state index contributed by atoms with van der Waals surface area (Å²) in [5.41, 5.74) is 0.276. The summed E-state index contributed by atoms with van der Waals surface area (Å²) in [5.74, 6) is 0. The van der Waals surface area contributed by atoms with Crippen molar-refractivity contribution >= 4 is 0 Å². The topological polar surface area (TPSA) is 15.3 Å². The van der Waals surface area contributed by atoms with Crippen LogP contribution in [0.2, 0.25) is 0 Å². The molecule has 0 saturated carbocycles. The fourth-order valence-corrected chi connectivity index (χ4v) is 2.03. The Labute approximate surface area is 119 Å². The average molecular weight is 288 g/mol. The van der Waals surface area contributed by atoms with Crippen LogP contribution in [0.4, 0.5) is 13.2 Å². The fraction of sp³-hybridized carbons (Fsp3) is 0.600. The molecular weight excluding hydrogens is 265 g/mol. The van der Waals surface area contributed by atoms with Gasteiger partial charge in [-0.2, -0.15) is 13.2 Å². The maximum Gasteiger partial charge on any atom is 0.416 e. The van der Waals surface area contributed by atoms with Gasteiger partial charge in [0.2, 0.25) is 0 Å². The first kappa shape index (κ1) is 17.0. The second kappa shape index (κ2) is 8.27. The largest absolute Gasteiger partial charge is 0.416 e. The van der Waals surface area contributed by atoms with Gasteiger partial charge in [0.25, 0.3) is 0 Å². The van der Waals surface area contributed by atoms with Crippen LogP contribution in [0.15, 0.2) is 24.3 Å². The number of hydrogen-bond donors (Lipinski definition) is 1. The Morgan fingerprint density at radius 2 is 1.70 bits per heavy atom. The van der Waals surface area contributed by atoms with Crippen LogP contribution in [0.3, 0.4) is 0 Å². The second-order valence-corrected chi connectivity index (χ2v) is 4.81. The van der Waals surface area contributed by atoms with Crippen molar-refractivity contribution in [3.05, 3.63) is 35.4 Å². The SMILES string of the molecule is CCCN(CC)CCNCc1ccc(C(F)(F)F)cc1. The van der Waals surface area contributed by atoms with Gasteiger partial charge in [-0.05, 0) is 37.2 Å². The zero-order valence-corrected chi connectivity index (χ0v) is 12.1. The van der Waals surface area contributed by atoms with Crippen molar-refractivity contribution < 1.29 is 13.2 Å². The molecule has 0 radical (unpaired) electrons. The van der Waals surface area contributed by atoms with Gasteiger partial charge in [0.1, 0.15) is 0 Å². The highest BCUT2D eigenvalue weighted by Gasteiger charge is 2.29. The maximum absolute atomic E-state index is 12.4. The number of hydrogen-bond acceptors (Lipinski definition) is 2. The number of halogens is 3. The van der Waals surface area contributed by atoms with Crippen LogP contribution in [0.1, 0.15) is 31.4 Å². The van der Waals surface area contributed by atoms with Crippen molar-refractivity contribution in [2.24, 2.45) is 0 Å². The minimum Gasteiger partial charge on any atom is -0.311 e. The van der Waals surface area contributed by atoms with Crippen LogP contribution in [0, 0.1) is 0 Å². The van der Waals surface area contributed by atoms with Gasteiger partial charge in [0, 0.05) is 19.6 Å². The lowest BCUT2D eigenvalue weighted by Gasteiger charge is -2.19. The third kappa shape index (κ3) is 5.92. The summed E-state index contributed by atoms with van der Waals surface area (Å²) < 4.78 is 37.2. The molecule has 0 fully saturated rings. The Bertz CT molecular complexity index is 374. The van der Waals surface area contributed by atoms with Crippen molar-refractivity contribution in [1.82, 2.24) is 10.2 Å². The van der Waals surface area contributed by atoms with Crippen LogP contribution in [0.25, 0.3) is 0 Å². The summed E-state index contributed by atoms with van der Waals surface area (Å²) in [4.78, 5) is 2.35. The molecule has 1 N–H and O–H groups in total. The number of nitrogens with zero attached hydrogens (tertiary/aromatic N) is 1. The molecule has 1 aromatic rings. The van der Waals surface area contributed by atoms with E-state index in [1.807, 2.05) is 0 Å². The molecule has 0 aliphatic heterocycles. The lowest BCUT2D eigenvalue weighted by Crippen LogP contribution is -2.32. The normalized spacial score (nSPS) is 12.1. The molecule has 0 atom stereocenters. The standard InChI is InChI=1S/C15H23F3N2/c1-3-10-20(4-2)11-9-19-12-13-5-7-14(8-6-13)15(16,17)18/h5-8,19H,3-4,9-12H2,1-2H3. The zero-order valence-electron chi connectivity index (χ0n) is 12.1. The van der Waals surface area contributed by atoms with E-state index in [4.69, 9.17) is 0 Å². The number of nitrogens with one attached hydrogen (secondary N) is 1. The monoisotopic (exact) mass is 288 g/mol. The van der Waals surface area contributed by atoms with Gasteiger partial charge in [-0.1, -0.05) is 26.0 Å². The molecule has 2 nitrogen and oxygen atoms in total. The van der Waals surface area contributed by atoms with E-state index in [9.17, 15) is 13.2 Å². The van der Waals surface area contributed by atoms with E-state index in [2.05, 4.69) is 24.1 Å². The summed E-state index contributed by atoms with van der Waals surface area (Å²) >= 11 is 0. The van der Waals surface area contributed by atoms with Crippen molar-refractivity contribution in [3.8, 4) is 0 Å². The third-order valence-electron chi connectivity index (χ3n) is 3.20. The Morgan fingerprint density at radius 3 is 2.20 bits per heavy atom. The van der Waals surface area contributed by atoms with Gasteiger partial charge < -0.3 is 10.2 Å². The highest BCUT2D eigenvalue weighted by atomic mass is 19.4. The van der Waals surface area contributed by atoms with Crippen LogP contribution in [-0.2, 0) is 12.7 Å². The highest BCUT2D eigenvalue weighted by Crippen LogP contribution is 2.28. The molecule has 20 heavy (non-hydrogen) atoms. The average Bonchev–Trinajstić information content (AvgIpc) is 2.42. The summed E-state index contributed by atoms with van der Waals surface area (Å²) in [7, 11) is 0. The Hall–Kier alpha value is -1.07. The summed E-state index contributed by atoms with van der Waals surface area (Å²) in [5, 5.41) is 3.26. The summed E-state index contributed by atoms with van der Waals surface area (Å²) in [6, 6.07) is 5.32. The lowest BCUT2D eigenvalue weighted by molar-refractivity contribution is -0.137. The molecule has 1 rings (SSSR count). The minimum atomic E-state index is -4.26. The number of alkyl halides is 3. The van der Waals surface area contributed by atoms with Crippen molar-refractivity contribution in [2.45, 2.75) is 33.0 Å². The molecule has 0 amide bonds. The first-order valence-electron chi connectivity index (χ1n) is 7.06. The molecule has 0 aliphatic carbocycles.